The molecule has 1 N–H and O–H groups in total. The SMILES string of the molecule is O=CC1CCOc2cc(Oc3ccc(C(=O)NCCc4cc(Cl)cc(Cl)c4)cc3)c(Cl)cc21. The number of ether oxygens (including phenoxy) is 2. The highest BCUT2D eigenvalue weighted by Gasteiger charge is 2.23. The minimum absolute atomic E-state index is 0.199. The second kappa shape index (κ2) is 10.5. The van der Waals surface area contributed by atoms with Crippen LogP contribution in [0.3, 0.4) is 0 Å². The third-order valence-electron chi connectivity index (χ3n) is 5.28. The molecule has 5 nitrogen and oxygen atoms in total. The van der Waals surface area contributed by atoms with Crippen LogP contribution in [-0.2, 0) is 11.2 Å². The molecule has 1 unspecified atom stereocenters. The van der Waals surface area contributed by atoms with Crippen LogP contribution in [0.2, 0.25) is 15.1 Å². The van der Waals surface area contributed by atoms with Crippen molar-refractivity contribution in [2.75, 3.05) is 13.2 Å². The molecule has 4 rings (SSSR count). The first kappa shape index (κ1) is 23.4. The van der Waals surface area contributed by atoms with E-state index in [1.54, 1.807) is 42.5 Å². The zero-order chi connectivity index (χ0) is 23.4. The summed E-state index contributed by atoms with van der Waals surface area (Å²) in [5, 5.41) is 4.39. The van der Waals surface area contributed by atoms with E-state index < -0.39 is 0 Å². The van der Waals surface area contributed by atoms with Crippen LogP contribution in [0.5, 0.6) is 17.2 Å². The summed E-state index contributed by atoms with van der Waals surface area (Å²) < 4.78 is 11.5. The summed E-state index contributed by atoms with van der Waals surface area (Å²) >= 11 is 18.4. The summed E-state index contributed by atoms with van der Waals surface area (Å²) in [7, 11) is 0. The van der Waals surface area contributed by atoms with Crippen molar-refractivity contribution in [1.29, 1.82) is 0 Å². The second-order valence-electron chi connectivity index (χ2n) is 7.61. The monoisotopic (exact) mass is 503 g/mol. The number of carbonyl (C=O) groups is 2. The van der Waals surface area contributed by atoms with Crippen LogP contribution in [0.4, 0.5) is 0 Å². The summed E-state index contributed by atoms with van der Waals surface area (Å²) in [6.45, 7) is 0.909. The average molecular weight is 505 g/mol. The van der Waals surface area contributed by atoms with Gasteiger partial charge in [-0.05, 0) is 66.9 Å². The molecule has 0 bridgehead atoms. The molecule has 1 amide bonds. The smallest absolute Gasteiger partial charge is 0.251 e. The lowest BCUT2D eigenvalue weighted by Gasteiger charge is -2.23. The third kappa shape index (κ3) is 5.80. The van der Waals surface area contributed by atoms with E-state index in [9.17, 15) is 9.59 Å². The lowest BCUT2D eigenvalue weighted by Crippen LogP contribution is -2.25. The fourth-order valence-electron chi connectivity index (χ4n) is 3.61. The molecule has 8 heteroatoms. The van der Waals surface area contributed by atoms with Crippen molar-refractivity contribution in [3.8, 4) is 17.2 Å². The van der Waals surface area contributed by atoms with Gasteiger partial charge in [0.2, 0.25) is 0 Å². The van der Waals surface area contributed by atoms with Crippen LogP contribution in [-0.4, -0.2) is 25.3 Å². The molecule has 3 aromatic carbocycles. The number of fused-ring (bicyclic) bond motifs is 1. The summed E-state index contributed by atoms with van der Waals surface area (Å²) in [4.78, 5) is 23.7. The van der Waals surface area contributed by atoms with Crippen molar-refractivity contribution in [1.82, 2.24) is 5.32 Å². The zero-order valence-electron chi connectivity index (χ0n) is 17.4. The Kier molecular flexibility index (Phi) is 7.43. The summed E-state index contributed by atoms with van der Waals surface area (Å²) in [6, 6.07) is 15.4. The first-order chi connectivity index (χ1) is 15.9. The van der Waals surface area contributed by atoms with Crippen molar-refractivity contribution in [2.45, 2.75) is 18.8 Å². The van der Waals surface area contributed by atoms with Crippen molar-refractivity contribution >= 4 is 47.0 Å². The predicted octanol–water partition coefficient (Wildman–Crippen LogP) is 6.48. The number of benzene rings is 3. The van der Waals surface area contributed by atoms with Gasteiger partial charge in [-0.25, -0.2) is 0 Å². The number of rotatable bonds is 7. The lowest BCUT2D eigenvalue weighted by molar-refractivity contribution is -0.109. The molecule has 1 aliphatic heterocycles. The number of aldehydes is 1. The summed E-state index contributed by atoms with van der Waals surface area (Å²) in [5.74, 6) is 1.10. The van der Waals surface area contributed by atoms with Crippen molar-refractivity contribution < 1.29 is 19.1 Å². The normalized spacial score (nSPS) is 14.7. The first-order valence-electron chi connectivity index (χ1n) is 10.4. The molecule has 0 fully saturated rings. The van der Waals surface area contributed by atoms with E-state index in [0.717, 1.165) is 17.4 Å². The van der Waals surface area contributed by atoms with Gasteiger partial charge in [-0.2, -0.15) is 0 Å². The van der Waals surface area contributed by atoms with Gasteiger partial charge in [0, 0.05) is 39.7 Å². The Labute approximate surface area is 206 Å². The number of amides is 1. The van der Waals surface area contributed by atoms with Crippen molar-refractivity contribution in [3.63, 3.8) is 0 Å². The van der Waals surface area contributed by atoms with E-state index in [4.69, 9.17) is 44.3 Å². The van der Waals surface area contributed by atoms with Gasteiger partial charge in [0.05, 0.1) is 11.6 Å². The molecule has 0 saturated carbocycles. The highest BCUT2D eigenvalue weighted by atomic mass is 35.5. The van der Waals surface area contributed by atoms with E-state index in [2.05, 4.69) is 5.32 Å². The van der Waals surface area contributed by atoms with Gasteiger partial charge >= 0.3 is 0 Å². The highest BCUT2D eigenvalue weighted by molar-refractivity contribution is 6.34. The molecule has 3 aromatic rings. The number of halogens is 3. The fourth-order valence-corrected chi connectivity index (χ4v) is 4.40. The third-order valence-corrected chi connectivity index (χ3v) is 6.01. The molecule has 1 aliphatic rings. The van der Waals surface area contributed by atoms with Crippen LogP contribution in [0, 0.1) is 0 Å². The topological polar surface area (TPSA) is 64.6 Å². The molecule has 0 spiro atoms. The minimum Gasteiger partial charge on any atom is -0.493 e. The maximum absolute atomic E-state index is 12.4. The maximum atomic E-state index is 12.4. The molecule has 33 heavy (non-hydrogen) atoms. The number of hydrogen-bond donors (Lipinski definition) is 1. The molecular formula is C25H20Cl3NO4. The standard InChI is InChI=1S/C25H20Cl3NO4/c26-18-9-15(10-19(27)11-18)5-7-29-25(31)16-1-3-20(4-2-16)33-24-13-23-21(12-22(24)28)17(14-30)6-8-32-23/h1-4,9-14,17H,5-8H2,(H,29,31). The van der Waals surface area contributed by atoms with Gasteiger partial charge in [0.15, 0.2) is 0 Å². The van der Waals surface area contributed by atoms with Crippen LogP contribution in [0.15, 0.2) is 54.6 Å². The Morgan fingerprint density at radius 2 is 1.79 bits per heavy atom. The maximum Gasteiger partial charge on any atom is 0.251 e. The van der Waals surface area contributed by atoms with Crippen LogP contribution in [0.1, 0.15) is 33.8 Å². The van der Waals surface area contributed by atoms with Gasteiger partial charge in [0.1, 0.15) is 23.5 Å². The van der Waals surface area contributed by atoms with Crippen LogP contribution in [0.25, 0.3) is 0 Å². The molecule has 1 atom stereocenters. The Bertz CT molecular complexity index is 1160. The van der Waals surface area contributed by atoms with Crippen molar-refractivity contribution in [2.24, 2.45) is 0 Å². The Hall–Kier alpha value is -2.73. The lowest BCUT2D eigenvalue weighted by atomic mass is 9.94. The van der Waals surface area contributed by atoms with Gasteiger partial charge < -0.3 is 19.6 Å². The Morgan fingerprint density at radius 3 is 2.48 bits per heavy atom. The number of carbonyl (C=O) groups excluding carboxylic acids is 2. The highest BCUT2D eigenvalue weighted by Crippen LogP contribution is 2.41. The van der Waals surface area contributed by atoms with Gasteiger partial charge in [0.25, 0.3) is 5.91 Å². The minimum atomic E-state index is -0.228. The van der Waals surface area contributed by atoms with Gasteiger partial charge in [-0.3, -0.25) is 4.79 Å². The van der Waals surface area contributed by atoms with Gasteiger partial charge in [-0.1, -0.05) is 34.8 Å². The molecule has 0 aliphatic carbocycles. The van der Waals surface area contributed by atoms with E-state index in [1.807, 2.05) is 12.1 Å². The van der Waals surface area contributed by atoms with E-state index in [0.29, 0.717) is 63.9 Å². The number of nitrogens with one attached hydrogen (secondary N) is 1. The first-order valence-corrected chi connectivity index (χ1v) is 11.5. The van der Waals surface area contributed by atoms with Crippen molar-refractivity contribution in [3.05, 3.63) is 86.4 Å². The molecule has 1 heterocycles. The molecule has 0 saturated heterocycles. The van der Waals surface area contributed by atoms with Crippen LogP contribution < -0.4 is 14.8 Å². The quantitative estimate of drug-likeness (QED) is 0.374. The molecular weight excluding hydrogens is 485 g/mol. The second-order valence-corrected chi connectivity index (χ2v) is 8.89. The molecule has 0 aromatic heterocycles. The zero-order valence-corrected chi connectivity index (χ0v) is 19.7. The Morgan fingerprint density at radius 1 is 1.06 bits per heavy atom. The van der Waals surface area contributed by atoms with Crippen LogP contribution >= 0.6 is 34.8 Å². The van der Waals surface area contributed by atoms with E-state index >= 15 is 0 Å². The number of hydrogen-bond acceptors (Lipinski definition) is 4. The predicted molar refractivity (Wildman–Crippen MR) is 129 cm³/mol. The Balaban J connectivity index is 1.37. The van der Waals surface area contributed by atoms with E-state index in [-0.39, 0.29) is 11.8 Å². The largest absolute Gasteiger partial charge is 0.493 e. The van der Waals surface area contributed by atoms with Gasteiger partial charge in [-0.15, -0.1) is 0 Å². The molecule has 170 valence electrons. The fraction of sp³-hybridized carbons (Fsp3) is 0.200. The van der Waals surface area contributed by atoms with E-state index in [1.165, 1.54) is 0 Å². The molecule has 0 radical (unpaired) electrons. The summed E-state index contributed by atoms with van der Waals surface area (Å²) in [6.07, 6.45) is 2.15. The average Bonchev–Trinajstić information content (AvgIpc) is 2.79. The summed E-state index contributed by atoms with van der Waals surface area (Å²) in [5.41, 5.74) is 2.21.